The predicted octanol–water partition coefficient (Wildman–Crippen LogP) is 5.28. The van der Waals surface area contributed by atoms with Crippen LogP contribution in [0.3, 0.4) is 0 Å². The lowest BCUT2D eigenvalue weighted by molar-refractivity contribution is -0.140. The van der Waals surface area contributed by atoms with Gasteiger partial charge in [0.25, 0.3) is 10.0 Å². The number of hydrogen-bond donors (Lipinski definition) is 1. The minimum Gasteiger partial charge on any atom is -0.493 e. The molecule has 0 heterocycles. The van der Waals surface area contributed by atoms with Crippen LogP contribution in [0.2, 0.25) is 5.02 Å². The van der Waals surface area contributed by atoms with Gasteiger partial charge in [-0.25, -0.2) is 8.42 Å². The Morgan fingerprint density at radius 1 is 0.929 bits per heavy atom. The van der Waals surface area contributed by atoms with Gasteiger partial charge < -0.3 is 19.7 Å². The number of para-hydroxylation sites is 1. The van der Waals surface area contributed by atoms with Gasteiger partial charge >= 0.3 is 0 Å². The Labute approximate surface area is 253 Å². The highest BCUT2D eigenvalue weighted by atomic mass is 35.5. The van der Waals surface area contributed by atoms with E-state index in [0.717, 1.165) is 22.7 Å². The fourth-order valence-electron chi connectivity index (χ4n) is 4.44. The van der Waals surface area contributed by atoms with Gasteiger partial charge in [0.15, 0.2) is 11.5 Å². The van der Waals surface area contributed by atoms with Crippen LogP contribution in [-0.4, -0.2) is 58.5 Å². The van der Waals surface area contributed by atoms with E-state index in [2.05, 4.69) is 5.32 Å². The molecule has 42 heavy (non-hydrogen) atoms. The Bertz CT molecular complexity index is 1430. The topological polar surface area (TPSA) is 105 Å². The summed E-state index contributed by atoms with van der Waals surface area (Å²) in [7, 11) is -1.39. The van der Waals surface area contributed by atoms with Crippen LogP contribution in [0.4, 0.5) is 5.69 Å². The number of benzene rings is 3. The van der Waals surface area contributed by atoms with Gasteiger partial charge in [0.2, 0.25) is 11.8 Å². The van der Waals surface area contributed by atoms with Crippen LogP contribution < -0.4 is 19.1 Å². The van der Waals surface area contributed by atoms with Gasteiger partial charge in [0.05, 0.1) is 24.8 Å². The molecule has 11 heteroatoms. The lowest BCUT2D eigenvalue weighted by Crippen LogP contribution is -2.52. The third-order valence-electron chi connectivity index (χ3n) is 6.75. The first-order valence-electron chi connectivity index (χ1n) is 13.8. The smallest absolute Gasteiger partial charge is 0.264 e. The van der Waals surface area contributed by atoms with Crippen molar-refractivity contribution in [3.05, 3.63) is 83.4 Å². The van der Waals surface area contributed by atoms with Crippen LogP contribution >= 0.6 is 11.6 Å². The molecule has 0 aliphatic heterocycles. The standard InChI is InChI=1S/C31H38ClN3O6S/c1-5-7-19-33-31(37)27(6-2)34(21-23-13-15-24(32)16-14-23)30(36)22-35(25-11-9-8-10-12-25)42(38,39)26-17-18-28(40-3)29(20-26)41-4/h8-18,20,27H,5-7,19,21-22H2,1-4H3,(H,33,37). The van der Waals surface area contributed by atoms with Gasteiger partial charge in [0, 0.05) is 24.2 Å². The van der Waals surface area contributed by atoms with Crippen molar-refractivity contribution in [2.75, 3.05) is 31.6 Å². The summed E-state index contributed by atoms with van der Waals surface area (Å²) in [6, 6.07) is 18.8. The van der Waals surface area contributed by atoms with Crippen LogP contribution in [0.15, 0.2) is 77.7 Å². The number of unbranched alkanes of at least 4 members (excludes halogenated alkanes) is 1. The van der Waals surface area contributed by atoms with Gasteiger partial charge in [-0.15, -0.1) is 0 Å². The Morgan fingerprint density at radius 2 is 1.60 bits per heavy atom. The zero-order chi connectivity index (χ0) is 30.7. The summed E-state index contributed by atoms with van der Waals surface area (Å²) in [6.07, 6.45) is 2.05. The molecule has 1 N–H and O–H groups in total. The maximum Gasteiger partial charge on any atom is 0.264 e. The minimum atomic E-state index is -4.26. The van der Waals surface area contributed by atoms with Crippen LogP contribution in [0.25, 0.3) is 0 Å². The summed E-state index contributed by atoms with van der Waals surface area (Å²) in [5.74, 6) is -0.220. The number of ether oxygens (including phenoxy) is 2. The molecule has 3 aromatic carbocycles. The van der Waals surface area contributed by atoms with E-state index in [9.17, 15) is 18.0 Å². The van der Waals surface area contributed by atoms with Crippen molar-refractivity contribution in [3.63, 3.8) is 0 Å². The average molecular weight is 616 g/mol. The molecule has 0 fully saturated rings. The van der Waals surface area contributed by atoms with Crippen LogP contribution in [0.1, 0.15) is 38.7 Å². The minimum absolute atomic E-state index is 0.0783. The van der Waals surface area contributed by atoms with Gasteiger partial charge in [-0.1, -0.05) is 62.2 Å². The van der Waals surface area contributed by atoms with Gasteiger partial charge in [-0.05, 0) is 54.8 Å². The van der Waals surface area contributed by atoms with Crippen molar-refractivity contribution in [3.8, 4) is 11.5 Å². The monoisotopic (exact) mass is 615 g/mol. The van der Waals surface area contributed by atoms with Crippen molar-refractivity contribution in [1.82, 2.24) is 10.2 Å². The summed E-state index contributed by atoms with van der Waals surface area (Å²) in [6.45, 7) is 3.89. The molecule has 0 aliphatic rings. The molecule has 3 aromatic rings. The number of rotatable bonds is 15. The number of carbonyl (C=O) groups is 2. The van der Waals surface area contributed by atoms with Crippen molar-refractivity contribution in [1.29, 1.82) is 0 Å². The van der Waals surface area contributed by atoms with E-state index < -0.39 is 28.5 Å². The first-order chi connectivity index (χ1) is 20.2. The van der Waals surface area contributed by atoms with Crippen molar-refractivity contribution in [2.45, 2.75) is 50.6 Å². The van der Waals surface area contributed by atoms with Crippen molar-refractivity contribution < 1.29 is 27.5 Å². The zero-order valence-corrected chi connectivity index (χ0v) is 26.0. The number of carbonyl (C=O) groups excluding carboxylic acids is 2. The molecule has 0 aliphatic carbocycles. The van der Waals surface area contributed by atoms with E-state index >= 15 is 0 Å². The normalized spacial score (nSPS) is 11.8. The number of nitrogens with one attached hydrogen (secondary N) is 1. The van der Waals surface area contributed by atoms with E-state index in [0.29, 0.717) is 29.4 Å². The molecule has 1 unspecified atom stereocenters. The van der Waals surface area contributed by atoms with E-state index in [1.807, 2.05) is 13.8 Å². The first-order valence-corrected chi connectivity index (χ1v) is 15.6. The molecule has 0 saturated heterocycles. The summed E-state index contributed by atoms with van der Waals surface area (Å²) >= 11 is 6.07. The van der Waals surface area contributed by atoms with Crippen LogP contribution in [0.5, 0.6) is 11.5 Å². The first kappa shape index (κ1) is 32.8. The average Bonchev–Trinajstić information content (AvgIpc) is 3.00. The number of anilines is 1. The fraction of sp³-hybridized carbons (Fsp3) is 0.355. The van der Waals surface area contributed by atoms with E-state index in [1.54, 1.807) is 54.6 Å². The lowest BCUT2D eigenvalue weighted by atomic mass is 10.1. The number of amides is 2. The lowest BCUT2D eigenvalue weighted by Gasteiger charge is -2.33. The van der Waals surface area contributed by atoms with Gasteiger partial charge in [0.1, 0.15) is 12.6 Å². The molecular formula is C31H38ClN3O6S. The van der Waals surface area contributed by atoms with Gasteiger partial charge in [-0.3, -0.25) is 13.9 Å². The number of nitrogens with zero attached hydrogens (tertiary/aromatic N) is 2. The third kappa shape index (κ3) is 8.17. The molecule has 9 nitrogen and oxygen atoms in total. The second-order valence-corrected chi connectivity index (χ2v) is 11.9. The highest BCUT2D eigenvalue weighted by Gasteiger charge is 2.34. The summed E-state index contributed by atoms with van der Waals surface area (Å²) in [5, 5.41) is 3.46. The molecule has 2 amide bonds. The van der Waals surface area contributed by atoms with Crippen LogP contribution in [-0.2, 0) is 26.2 Å². The molecule has 0 spiro atoms. The number of sulfonamides is 1. The highest BCUT2D eigenvalue weighted by Crippen LogP contribution is 2.32. The number of halogens is 1. The van der Waals surface area contributed by atoms with E-state index in [4.69, 9.17) is 21.1 Å². The van der Waals surface area contributed by atoms with E-state index in [-0.39, 0.29) is 23.1 Å². The summed E-state index contributed by atoms with van der Waals surface area (Å²) in [4.78, 5) is 28.7. The summed E-state index contributed by atoms with van der Waals surface area (Å²) < 4.78 is 39.8. The van der Waals surface area contributed by atoms with Crippen LogP contribution in [0, 0.1) is 0 Å². The van der Waals surface area contributed by atoms with Gasteiger partial charge in [-0.2, -0.15) is 0 Å². The SMILES string of the molecule is CCCCNC(=O)C(CC)N(Cc1ccc(Cl)cc1)C(=O)CN(c1ccccc1)S(=O)(=O)c1ccc(OC)c(OC)c1. The zero-order valence-electron chi connectivity index (χ0n) is 24.4. The Balaban J connectivity index is 2.04. The fourth-order valence-corrected chi connectivity index (χ4v) is 6.00. The quantitative estimate of drug-likeness (QED) is 0.233. The third-order valence-corrected chi connectivity index (χ3v) is 8.77. The number of hydrogen-bond acceptors (Lipinski definition) is 6. The summed E-state index contributed by atoms with van der Waals surface area (Å²) in [5.41, 5.74) is 1.05. The second-order valence-electron chi connectivity index (χ2n) is 9.58. The number of methoxy groups -OCH3 is 2. The molecule has 0 aromatic heterocycles. The molecule has 3 rings (SSSR count). The maximum atomic E-state index is 14.1. The van der Waals surface area contributed by atoms with Crippen molar-refractivity contribution >= 4 is 39.1 Å². The highest BCUT2D eigenvalue weighted by molar-refractivity contribution is 7.92. The Kier molecular flexibility index (Phi) is 12.1. The predicted molar refractivity (Wildman–Crippen MR) is 165 cm³/mol. The molecular weight excluding hydrogens is 578 g/mol. The molecule has 1 atom stereocenters. The van der Waals surface area contributed by atoms with Crippen molar-refractivity contribution in [2.24, 2.45) is 0 Å². The largest absolute Gasteiger partial charge is 0.493 e. The Hall–Kier alpha value is -3.76. The second kappa shape index (κ2) is 15.5. The Morgan fingerprint density at radius 3 is 2.19 bits per heavy atom. The maximum absolute atomic E-state index is 14.1. The molecule has 226 valence electrons. The molecule has 0 bridgehead atoms. The molecule has 0 radical (unpaired) electrons. The molecule has 0 saturated carbocycles. The van der Waals surface area contributed by atoms with E-state index in [1.165, 1.54) is 37.3 Å².